The van der Waals surface area contributed by atoms with Gasteiger partial charge in [0.1, 0.15) is 0 Å². The second-order valence-corrected chi connectivity index (χ2v) is 7.06. The standard InChI is InChI=1S/C19H24N2O6/c1-26-17-9-8-14(11-16(17)21(24)25)19(23)27-12-18(22)20-10-4-6-13-5-2-3-7-15(13)20/h8-9,11,13,15H,2-7,10,12H2,1H3/t13-,15-/m0/s1. The van der Waals surface area contributed by atoms with Crippen molar-refractivity contribution >= 4 is 17.6 Å². The summed E-state index contributed by atoms with van der Waals surface area (Å²) in [4.78, 5) is 37.1. The van der Waals surface area contributed by atoms with E-state index >= 15 is 0 Å². The normalized spacial score (nSPS) is 21.9. The summed E-state index contributed by atoms with van der Waals surface area (Å²) in [6.07, 6.45) is 6.64. The molecule has 1 aromatic carbocycles. The number of esters is 1. The average molecular weight is 376 g/mol. The van der Waals surface area contributed by atoms with Gasteiger partial charge in [-0.2, -0.15) is 0 Å². The molecule has 0 bridgehead atoms. The molecule has 27 heavy (non-hydrogen) atoms. The molecule has 2 aliphatic rings. The number of hydrogen-bond acceptors (Lipinski definition) is 6. The van der Waals surface area contributed by atoms with Gasteiger partial charge in [0.05, 0.1) is 17.6 Å². The molecule has 1 aromatic rings. The highest BCUT2D eigenvalue weighted by Crippen LogP contribution is 2.35. The molecule has 2 fully saturated rings. The van der Waals surface area contributed by atoms with E-state index < -0.39 is 10.9 Å². The van der Waals surface area contributed by atoms with Crippen LogP contribution in [0.25, 0.3) is 0 Å². The molecule has 0 unspecified atom stereocenters. The Morgan fingerprint density at radius 2 is 1.96 bits per heavy atom. The lowest BCUT2D eigenvalue weighted by atomic mass is 9.78. The van der Waals surface area contributed by atoms with Crippen molar-refractivity contribution in [1.82, 2.24) is 4.90 Å². The second kappa shape index (κ2) is 8.37. The molecule has 146 valence electrons. The molecule has 2 atom stereocenters. The molecular weight excluding hydrogens is 352 g/mol. The predicted molar refractivity (Wildman–Crippen MR) is 96.6 cm³/mol. The lowest BCUT2D eigenvalue weighted by Gasteiger charge is -2.44. The lowest BCUT2D eigenvalue weighted by Crippen LogP contribution is -2.50. The van der Waals surface area contributed by atoms with Crippen LogP contribution in [0, 0.1) is 16.0 Å². The molecule has 8 nitrogen and oxygen atoms in total. The third-order valence-corrected chi connectivity index (χ3v) is 5.50. The van der Waals surface area contributed by atoms with Crippen LogP contribution in [0.3, 0.4) is 0 Å². The van der Waals surface area contributed by atoms with Crippen LogP contribution in [-0.2, 0) is 9.53 Å². The Morgan fingerprint density at radius 3 is 2.70 bits per heavy atom. The molecule has 1 aliphatic heterocycles. The van der Waals surface area contributed by atoms with Gasteiger partial charge in [0.15, 0.2) is 12.4 Å². The molecule has 1 saturated heterocycles. The maximum absolute atomic E-state index is 12.6. The van der Waals surface area contributed by atoms with Crippen LogP contribution in [0.1, 0.15) is 48.9 Å². The monoisotopic (exact) mass is 376 g/mol. The Bertz CT molecular complexity index is 733. The number of carbonyl (C=O) groups is 2. The Hall–Kier alpha value is -2.64. The fourth-order valence-electron chi connectivity index (χ4n) is 4.19. The van der Waals surface area contributed by atoms with E-state index in [1.165, 1.54) is 25.7 Å². The van der Waals surface area contributed by atoms with E-state index in [0.717, 1.165) is 38.2 Å². The highest BCUT2D eigenvalue weighted by molar-refractivity contribution is 5.92. The fourth-order valence-corrected chi connectivity index (χ4v) is 4.19. The smallest absolute Gasteiger partial charge is 0.338 e. The molecule has 1 aliphatic carbocycles. The molecule has 0 N–H and O–H groups in total. The first-order chi connectivity index (χ1) is 13.0. The predicted octanol–water partition coefficient (Wildman–Crippen LogP) is 2.94. The van der Waals surface area contributed by atoms with Crippen LogP contribution in [0.2, 0.25) is 0 Å². The largest absolute Gasteiger partial charge is 0.490 e. The van der Waals surface area contributed by atoms with Crippen molar-refractivity contribution in [1.29, 1.82) is 0 Å². The zero-order chi connectivity index (χ0) is 19.4. The number of methoxy groups -OCH3 is 1. The van der Waals surface area contributed by atoms with Gasteiger partial charge in [0, 0.05) is 18.7 Å². The van der Waals surface area contributed by atoms with E-state index in [2.05, 4.69) is 0 Å². The molecule has 1 amide bonds. The molecule has 0 radical (unpaired) electrons. The minimum atomic E-state index is -0.758. The summed E-state index contributed by atoms with van der Waals surface area (Å²) in [6.45, 7) is 0.355. The van der Waals surface area contributed by atoms with Crippen molar-refractivity contribution in [2.45, 2.75) is 44.6 Å². The maximum atomic E-state index is 12.6. The Labute approximate surface area is 157 Å². The van der Waals surface area contributed by atoms with E-state index in [0.29, 0.717) is 12.5 Å². The van der Waals surface area contributed by atoms with Crippen LogP contribution in [0.5, 0.6) is 5.75 Å². The zero-order valence-electron chi connectivity index (χ0n) is 15.4. The van der Waals surface area contributed by atoms with Gasteiger partial charge in [0.25, 0.3) is 5.91 Å². The van der Waals surface area contributed by atoms with Crippen molar-refractivity contribution < 1.29 is 24.0 Å². The first-order valence-electron chi connectivity index (χ1n) is 9.30. The summed E-state index contributed by atoms with van der Waals surface area (Å²) in [5, 5.41) is 11.1. The Morgan fingerprint density at radius 1 is 1.22 bits per heavy atom. The second-order valence-electron chi connectivity index (χ2n) is 7.06. The molecule has 8 heteroatoms. The number of benzene rings is 1. The first kappa shape index (κ1) is 19.1. The summed E-state index contributed by atoms with van der Waals surface area (Å²) in [6, 6.07) is 4.08. The van der Waals surface area contributed by atoms with Gasteiger partial charge in [-0.15, -0.1) is 0 Å². The van der Waals surface area contributed by atoms with Crippen molar-refractivity contribution in [2.24, 2.45) is 5.92 Å². The Kier molecular flexibility index (Phi) is 5.93. The summed E-state index contributed by atoms with van der Waals surface area (Å²) in [7, 11) is 1.32. The van der Waals surface area contributed by atoms with Gasteiger partial charge < -0.3 is 14.4 Å². The maximum Gasteiger partial charge on any atom is 0.338 e. The number of amides is 1. The molecule has 0 aromatic heterocycles. The van der Waals surface area contributed by atoms with Crippen LogP contribution in [0.4, 0.5) is 5.69 Å². The number of piperidine rings is 1. The number of ether oxygens (including phenoxy) is 2. The van der Waals surface area contributed by atoms with Gasteiger partial charge >= 0.3 is 11.7 Å². The topological polar surface area (TPSA) is 99.0 Å². The highest BCUT2D eigenvalue weighted by atomic mass is 16.6. The van der Waals surface area contributed by atoms with Crippen LogP contribution >= 0.6 is 0 Å². The molecule has 1 saturated carbocycles. The number of nitro groups is 1. The van der Waals surface area contributed by atoms with E-state index in [4.69, 9.17) is 9.47 Å². The number of likely N-dealkylation sites (tertiary alicyclic amines) is 1. The summed E-state index contributed by atoms with van der Waals surface area (Å²) in [5.41, 5.74) is -0.302. The number of carbonyl (C=O) groups excluding carboxylic acids is 2. The van der Waals surface area contributed by atoms with Crippen molar-refractivity contribution in [2.75, 3.05) is 20.3 Å². The minimum absolute atomic E-state index is 0.0180. The third kappa shape index (κ3) is 4.20. The van der Waals surface area contributed by atoms with Gasteiger partial charge in [-0.25, -0.2) is 4.79 Å². The first-order valence-corrected chi connectivity index (χ1v) is 9.30. The van der Waals surface area contributed by atoms with E-state index in [-0.39, 0.29) is 35.6 Å². The summed E-state index contributed by atoms with van der Waals surface area (Å²) >= 11 is 0. The van der Waals surface area contributed by atoms with E-state index in [9.17, 15) is 19.7 Å². The summed E-state index contributed by atoms with van der Waals surface area (Å²) in [5.74, 6) is -0.338. The number of nitro benzene ring substituents is 1. The van der Waals surface area contributed by atoms with Gasteiger partial charge in [-0.05, 0) is 43.7 Å². The van der Waals surface area contributed by atoms with E-state index in [1.54, 1.807) is 0 Å². The average Bonchev–Trinajstić information content (AvgIpc) is 2.70. The number of hydrogen-bond donors (Lipinski definition) is 0. The van der Waals surface area contributed by atoms with Gasteiger partial charge in [0.2, 0.25) is 0 Å². The van der Waals surface area contributed by atoms with Crippen LogP contribution in [0.15, 0.2) is 18.2 Å². The SMILES string of the molecule is COc1ccc(C(=O)OCC(=O)N2CCC[C@@H]3CCCC[C@@H]32)cc1[N+](=O)[O-]. The van der Waals surface area contributed by atoms with Crippen LogP contribution < -0.4 is 4.74 Å². The lowest BCUT2D eigenvalue weighted by molar-refractivity contribution is -0.385. The van der Waals surface area contributed by atoms with Gasteiger partial charge in [-0.3, -0.25) is 14.9 Å². The number of nitrogens with zero attached hydrogens (tertiary/aromatic N) is 2. The molecule has 0 spiro atoms. The number of fused-ring (bicyclic) bond motifs is 1. The molecule has 3 rings (SSSR count). The van der Waals surface area contributed by atoms with Crippen molar-refractivity contribution in [3.8, 4) is 5.75 Å². The van der Waals surface area contributed by atoms with Crippen LogP contribution in [-0.4, -0.2) is 48.0 Å². The summed E-state index contributed by atoms with van der Waals surface area (Å²) < 4.78 is 10.1. The fraction of sp³-hybridized carbons (Fsp3) is 0.579. The quantitative estimate of drug-likeness (QED) is 0.445. The third-order valence-electron chi connectivity index (χ3n) is 5.50. The molecule has 1 heterocycles. The Balaban J connectivity index is 1.62. The van der Waals surface area contributed by atoms with E-state index in [1.807, 2.05) is 4.90 Å². The molecular formula is C19H24N2O6. The number of rotatable bonds is 5. The van der Waals surface area contributed by atoms with Gasteiger partial charge in [-0.1, -0.05) is 12.8 Å². The minimum Gasteiger partial charge on any atom is -0.490 e. The van der Waals surface area contributed by atoms with Crippen molar-refractivity contribution in [3.63, 3.8) is 0 Å². The zero-order valence-corrected chi connectivity index (χ0v) is 15.4. The highest BCUT2D eigenvalue weighted by Gasteiger charge is 2.35. The van der Waals surface area contributed by atoms with Crippen molar-refractivity contribution in [3.05, 3.63) is 33.9 Å².